The third-order valence-corrected chi connectivity index (χ3v) is 3.42. The molecule has 20 heavy (non-hydrogen) atoms. The molecule has 2 amide bonds. The van der Waals surface area contributed by atoms with Gasteiger partial charge in [0.2, 0.25) is 0 Å². The average molecular weight is 270 g/mol. The van der Waals surface area contributed by atoms with Crippen LogP contribution >= 0.6 is 0 Å². The maximum atomic E-state index is 11.8. The van der Waals surface area contributed by atoms with Gasteiger partial charge in [0.1, 0.15) is 0 Å². The highest BCUT2D eigenvalue weighted by molar-refractivity contribution is 6.35. The first kappa shape index (κ1) is 12.6. The Kier molecular flexibility index (Phi) is 3.12. The van der Waals surface area contributed by atoms with E-state index in [1.165, 1.54) is 6.08 Å². The minimum atomic E-state index is -0.373. The highest BCUT2D eigenvalue weighted by Gasteiger charge is 2.23. The third-order valence-electron chi connectivity index (χ3n) is 3.42. The van der Waals surface area contributed by atoms with Crippen LogP contribution in [0.15, 0.2) is 36.5 Å². The van der Waals surface area contributed by atoms with Gasteiger partial charge in [-0.05, 0) is 24.1 Å². The number of imide groups is 1. The van der Waals surface area contributed by atoms with Gasteiger partial charge in [-0.25, -0.2) is 0 Å². The molecule has 0 fully saturated rings. The molecule has 0 atom stereocenters. The van der Waals surface area contributed by atoms with Crippen molar-refractivity contribution < 1.29 is 14.7 Å². The summed E-state index contributed by atoms with van der Waals surface area (Å²) in [4.78, 5) is 23.0. The molecule has 0 saturated heterocycles. The molecule has 102 valence electrons. The highest BCUT2D eigenvalue weighted by Crippen LogP contribution is 2.28. The van der Waals surface area contributed by atoms with Crippen molar-refractivity contribution in [1.82, 2.24) is 9.88 Å². The quantitative estimate of drug-likeness (QED) is 0.816. The molecule has 0 aliphatic carbocycles. The van der Waals surface area contributed by atoms with Crippen LogP contribution in [0.5, 0.6) is 0 Å². The van der Waals surface area contributed by atoms with Crippen molar-refractivity contribution in [3.05, 3.63) is 42.1 Å². The molecule has 3 rings (SSSR count). The second kappa shape index (κ2) is 4.94. The molecule has 0 bridgehead atoms. The molecule has 1 aromatic heterocycles. The Morgan fingerprint density at radius 1 is 1.20 bits per heavy atom. The first-order valence-corrected chi connectivity index (χ1v) is 6.47. The Balaban J connectivity index is 2.09. The molecule has 5 nitrogen and oxygen atoms in total. The minimum Gasteiger partial charge on any atom is -0.396 e. The van der Waals surface area contributed by atoms with Crippen molar-refractivity contribution >= 4 is 28.3 Å². The van der Waals surface area contributed by atoms with Gasteiger partial charge in [0.05, 0.1) is 5.57 Å². The lowest BCUT2D eigenvalue weighted by molar-refractivity contribution is -0.123. The van der Waals surface area contributed by atoms with E-state index in [1.54, 1.807) is 0 Å². The Labute approximate surface area is 115 Å². The summed E-state index contributed by atoms with van der Waals surface area (Å²) < 4.78 is 2.03. The molecule has 0 unspecified atom stereocenters. The summed E-state index contributed by atoms with van der Waals surface area (Å²) in [6.45, 7) is 0.856. The number of amides is 2. The van der Waals surface area contributed by atoms with E-state index in [9.17, 15) is 9.59 Å². The van der Waals surface area contributed by atoms with Crippen molar-refractivity contribution in [1.29, 1.82) is 0 Å². The Morgan fingerprint density at radius 2 is 2.05 bits per heavy atom. The summed E-state index contributed by atoms with van der Waals surface area (Å²) in [5.41, 5.74) is 2.15. The molecule has 0 saturated carbocycles. The number of hydrogen-bond acceptors (Lipinski definition) is 3. The van der Waals surface area contributed by atoms with Gasteiger partial charge in [0.25, 0.3) is 11.8 Å². The largest absolute Gasteiger partial charge is 0.396 e. The number of carbonyl (C=O) groups excluding carboxylic acids is 2. The number of aliphatic hydroxyl groups excluding tert-OH is 1. The predicted octanol–water partition coefficient (Wildman–Crippen LogP) is 1.06. The molecule has 0 spiro atoms. The molecule has 1 aromatic carbocycles. The van der Waals surface area contributed by atoms with Crippen LogP contribution in [0.3, 0.4) is 0 Å². The van der Waals surface area contributed by atoms with E-state index < -0.39 is 0 Å². The van der Waals surface area contributed by atoms with E-state index in [0.717, 1.165) is 16.5 Å². The molecule has 1 aliphatic heterocycles. The number of aliphatic hydroxyl groups is 1. The lowest BCUT2D eigenvalue weighted by Gasteiger charge is -2.06. The van der Waals surface area contributed by atoms with Crippen molar-refractivity contribution in [3.63, 3.8) is 0 Å². The monoisotopic (exact) mass is 270 g/mol. The van der Waals surface area contributed by atoms with Gasteiger partial charge in [-0.15, -0.1) is 0 Å². The number of nitrogens with one attached hydrogen (secondary N) is 1. The van der Waals surface area contributed by atoms with Gasteiger partial charge < -0.3 is 9.67 Å². The van der Waals surface area contributed by atoms with E-state index in [1.807, 2.05) is 35.0 Å². The summed E-state index contributed by atoms with van der Waals surface area (Å²) in [7, 11) is 0. The number of hydrogen-bond donors (Lipinski definition) is 2. The zero-order valence-corrected chi connectivity index (χ0v) is 10.8. The van der Waals surface area contributed by atoms with Crippen LogP contribution in [-0.2, 0) is 16.1 Å². The summed E-state index contributed by atoms with van der Waals surface area (Å²) in [5.74, 6) is -0.729. The van der Waals surface area contributed by atoms with Crippen LogP contribution in [0.2, 0.25) is 0 Å². The van der Waals surface area contributed by atoms with Crippen molar-refractivity contribution in [2.75, 3.05) is 6.61 Å². The van der Waals surface area contributed by atoms with Gasteiger partial charge in [-0.2, -0.15) is 0 Å². The summed E-state index contributed by atoms with van der Waals surface area (Å²) in [6.07, 6.45) is 3.94. The molecule has 0 radical (unpaired) electrons. The lowest BCUT2D eigenvalue weighted by atomic mass is 10.0. The fraction of sp³-hybridized carbons (Fsp3) is 0.200. The van der Waals surface area contributed by atoms with E-state index >= 15 is 0 Å². The number of carbonyl (C=O) groups is 2. The SMILES string of the molecule is O=C1C=C(c2cccc3c2ccn3CCCO)C(=O)N1. The van der Waals surface area contributed by atoms with Gasteiger partial charge in [0, 0.05) is 36.3 Å². The number of aryl methyl sites for hydroxylation is 1. The van der Waals surface area contributed by atoms with E-state index in [0.29, 0.717) is 18.5 Å². The molecule has 2 heterocycles. The second-order valence-corrected chi connectivity index (χ2v) is 4.70. The number of rotatable bonds is 4. The second-order valence-electron chi connectivity index (χ2n) is 4.70. The zero-order chi connectivity index (χ0) is 14.1. The van der Waals surface area contributed by atoms with Crippen molar-refractivity contribution in [2.24, 2.45) is 0 Å². The molecule has 5 heteroatoms. The van der Waals surface area contributed by atoms with Gasteiger partial charge >= 0.3 is 0 Å². The Hall–Kier alpha value is -2.40. The zero-order valence-electron chi connectivity index (χ0n) is 10.8. The van der Waals surface area contributed by atoms with Crippen LogP contribution in [0.4, 0.5) is 0 Å². The maximum Gasteiger partial charge on any atom is 0.258 e. The van der Waals surface area contributed by atoms with Crippen molar-refractivity contribution in [3.8, 4) is 0 Å². The van der Waals surface area contributed by atoms with Gasteiger partial charge in [-0.1, -0.05) is 12.1 Å². The van der Waals surface area contributed by atoms with Gasteiger partial charge in [0.15, 0.2) is 0 Å². The van der Waals surface area contributed by atoms with Crippen LogP contribution in [0.25, 0.3) is 16.5 Å². The molecule has 1 aliphatic rings. The fourth-order valence-corrected chi connectivity index (χ4v) is 2.51. The van der Waals surface area contributed by atoms with E-state index in [4.69, 9.17) is 5.11 Å². The normalized spacial score (nSPS) is 14.8. The topological polar surface area (TPSA) is 71.3 Å². The predicted molar refractivity (Wildman–Crippen MR) is 74.8 cm³/mol. The van der Waals surface area contributed by atoms with Crippen LogP contribution in [0, 0.1) is 0 Å². The summed E-state index contributed by atoms with van der Waals surface area (Å²) in [5, 5.41) is 12.1. The minimum absolute atomic E-state index is 0.140. The fourth-order valence-electron chi connectivity index (χ4n) is 2.51. The van der Waals surface area contributed by atoms with Crippen molar-refractivity contribution in [2.45, 2.75) is 13.0 Å². The molecule has 2 N–H and O–H groups in total. The first-order chi connectivity index (χ1) is 9.70. The standard InChI is InChI=1S/C15H14N2O3/c18-8-2-6-17-7-5-11-10(3-1-4-13(11)17)12-9-14(19)16-15(12)20/h1,3-5,7,9,18H,2,6,8H2,(H,16,19,20). The first-order valence-electron chi connectivity index (χ1n) is 6.47. The smallest absolute Gasteiger partial charge is 0.258 e. The average Bonchev–Trinajstić information content (AvgIpc) is 2.99. The van der Waals surface area contributed by atoms with Gasteiger partial charge in [-0.3, -0.25) is 14.9 Å². The maximum absolute atomic E-state index is 11.8. The number of nitrogens with zero attached hydrogens (tertiary/aromatic N) is 1. The third kappa shape index (κ3) is 2.02. The molecule has 2 aromatic rings. The number of fused-ring (bicyclic) bond motifs is 1. The lowest BCUT2D eigenvalue weighted by Crippen LogP contribution is -2.21. The van der Waals surface area contributed by atoms with Crippen LogP contribution in [-0.4, -0.2) is 28.1 Å². The Morgan fingerprint density at radius 3 is 2.75 bits per heavy atom. The van der Waals surface area contributed by atoms with E-state index in [-0.39, 0.29) is 18.4 Å². The van der Waals surface area contributed by atoms with E-state index in [2.05, 4.69) is 5.32 Å². The summed E-state index contributed by atoms with van der Waals surface area (Å²) >= 11 is 0. The Bertz CT molecular complexity index is 728. The summed E-state index contributed by atoms with van der Waals surface area (Å²) in [6, 6.07) is 7.59. The number of benzene rings is 1. The van der Waals surface area contributed by atoms with Crippen LogP contribution < -0.4 is 5.32 Å². The molecular weight excluding hydrogens is 256 g/mol. The highest BCUT2D eigenvalue weighted by atomic mass is 16.3. The number of aromatic nitrogens is 1. The molecular formula is C15H14N2O3. The van der Waals surface area contributed by atoms with Crippen LogP contribution in [0.1, 0.15) is 12.0 Å².